The molecular formula is C18H18Cl2N4O4S. The molecule has 8 nitrogen and oxygen atoms in total. The Morgan fingerprint density at radius 3 is 2.52 bits per heavy atom. The van der Waals surface area contributed by atoms with Gasteiger partial charge in [0.2, 0.25) is 16.0 Å². The van der Waals surface area contributed by atoms with Gasteiger partial charge in [-0.3, -0.25) is 0 Å². The highest BCUT2D eigenvalue weighted by molar-refractivity contribution is 7.88. The number of fused-ring (bicyclic) bond motifs is 1. The number of rotatable bonds is 8. The Bertz CT molecular complexity index is 1160. The quantitative estimate of drug-likeness (QED) is 0.445. The van der Waals surface area contributed by atoms with Crippen LogP contribution in [0.5, 0.6) is 0 Å². The van der Waals surface area contributed by atoms with Crippen molar-refractivity contribution < 1.29 is 18.3 Å². The monoisotopic (exact) mass is 456 g/mol. The number of halogens is 2. The number of aryl methyl sites for hydroxylation is 1. The van der Waals surface area contributed by atoms with E-state index in [1.165, 1.54) is 12.1 Å². The van der Waals surface area contributed by atoms with Crippen molar-refractivity contribution >= 4 is 61.9 Å². The number of sulfonamides is 1. The fraction of sp³-hybridized carbons (Fsp3) is 0.222. The number of benzene rings is 2. The molecule has 0 radical (unpaired) electrons. The maximum atomic E-state index is 11.3. The van der Waals surface area contributed by atoms with Crippen LogP contribution in [0.4, 0.5) is 11.6 Å². The highest BCUT2D eigenvalue weighted by Crippen LogP contribution is 2.33. The van der Waals surface area contributed by atoms with Crippen LogP contribution in [-0.2, 0) is 16.6 Å². The van der Waals surface area contributed by atoms with E-state index in [4.69, 9.17) is 23.2 Å². The highest BCUT2D eigenvalue weighted by atomic mass is 35.5. The third kappa shape index (κ3) is 5.18. The van der Waals surface area contributed by atoms with Crippen molar-refractivity contribution in [3.05, 3.63) is 52.0 Å². The van der Waals surface area contributed by atoms with E-state index in [1.807, 2.05) is 4.57 Å². The van der Waals surface area contributed by atoms with E-state index in [0.717, 1.165) is 6.26 Å². The summed E-state index contributed by atoms with van der Waals surface area (Å²) >= 11 is 12.5. The summed E-state index contributed by atoms with van der Waals surface area (Å²) in [5.41, 5.74) is 1.76. The number of nitrogens with one attached hydrogen (secondary N) is 2. The van der Waals surface area contributed by atoms with Gasteiger partial charge in [0.25, 0.3) is 0 Å². The van der Waals surface area contributed by atoms with Gasteiger partial charge in [0.1, 0.15) is 0 Å². The number of hydrogen-bond acceptors (Lipinski definition) is 5. The molecule has 0 aliphatic carbocycles. The lowest BCUT2D eigenvalue weighted by Crippen LogP contribution is -2.24. The van der Waals surface area contributed by atoms with Gasteiger partial charge in [0.15, 0.2) is 0 Å². The molecule has 0 unspecified atom stereocenters. The molecule has 0 aliphatic rings. The van der Waals surface area contributed by atoms with Crippen LogP contribution < -0.4 is 10.0 Å². The van der Waals surface area contributed by atoms with Crippen molar-refractivity contribution in [2.75, 3.05) is 18.1 Å². The van der Waals surface area contributed by atoms with Crippen LogP contribution in [0, 0.1) is 0 Å². The van der Waals surface area contributed by atoms with Crippen molar-refractivity contribution in [3.8, 4) is 0 Å². The summed E-state index contributed by atoms with van der Waals surface area (Å²) in [5, 5.41) is 13.1. The van der Waals surface area contributed by atoms with Gasteiger partial charge in [0, 0.05) is 13.1 Å². The fourth-order valence-electron chi connectivity index (χ4n) is 2.81. The molecule has 0 amide bonds. The molecule has 0 fully saturated rings. The minimum absolute atomic E-state index is 0.114. The Morgan fingerprint density at radius 2 is 1.90 bits per heavy atom. The summed E-state index contributed by atoms with van der Waals surface area (Å²) in [6.45, 7) is 0.674. The fourth-order valence-corrected chi connectivity index (χ4v) is 3.82. The van der Waals surface area contributed by atoms with Gasteiger partial charge in [-0.2, -0.15) is 0 Å². The number of carbonyl (C=O) groups is 1. The Hall–Kier alpha value is -2.33. The molecule has 0 bridgehead atoms. The first-order chi connectivity index (χ1) is 13.7. The lowest BCUT2D eigenvalue weighted by Gasteiger charge is -2.13. The maximum Gasteiger partial charge on any atom is 0.335 e. The molecule has 29 heavy (non-hydrogen) atoms. The molecule has 11 heteroatoms. The molecule has 3 rings (SSSR count). The number of aromatic carboxylic acids is 1. The summed E-state index contributed by atoms with van der Waals surface area (Å²) in [4.78, 5) is 15.8. The van der Waals surface area contributed by atoms with Gasteiger partial charge in [-0.1, -0.05) is 29.3 Å². The van der Waals surface area contributed by atoms with Crippen LogP contribution in [0.25, 0.3) is 11.0 Å². The molecule has 154 valence electrons. The van der Waals surface area contributed by atoms with E-state index < -0.39 is 16.0 Å². The Balaban J connectivity index is 1.98. The molecule has 0 saturated heterocycles. The topological polar surface area (TPSA) is 113 Å². The SMILES string of the molecule is CS(=O)(=O)NCCCn1c(Nc2c(Cl)cccc2Cl)nc2cc(C(=O)O)ccc21. The average Bonchev–Trinajstić information content (AvgIpc) is 2.97. The Labute approximate surface area is 177 Å². The first kappa shape index (κ1) is 21.4. The van der Waals surface area contributed by atoms with Crippen LogP contribution in [0.1, 0.15) is 16.8 Å². The van der Waals surface area contributed by atoms with Gasteiger partial charge in [-0.25, -0.2) is 22.9 Å². The molecule has 0 atom stereocenters. The second kappa shape index (κ2) is 8.58. The summed E-state index contributed by atoms with van der Waals surface area (Å²) in [6, 6.07) is 9.71. The van der Waals surface area contributed by atoms with E-state index in [-0.39, 0.29) is 12.1 Å². The maximum absolute atomic E-state index is 11.3. The van der Waals surface area contributed by atoms with E-state index in [9.17, 15) is 18.3 Å². The van der Waals surface area contributed by atoms with Crippen LogP contribution in [0.15, 0.2) is 36.4 Å². The lowest BCUT2D eigenvalue weighted by molar-refractivity contribution is 0.0697. The predicted molar refractivity (Wildman–Crippen MR) is 114 cm³/mol. The van der Waals surface area contributed by atoms with E-state index in [2.05, 4.69) is 15.0 Å². The molecule has 1 heterocycles. The van der Waals surface area contributed by atoms with Crippen LogP contribution in [0.2, 0.25) is 10.0 Å². The van der Waals surface area contributed by atoms with Crippen molar-refractivity contribution in [1.29, 1.82) is 0 Å². The van der Waals surface area contributed by atoms with Crippen LogP contribution >= 0.6 is 23.2 Å². The number of carboxylic acids is 1. The minimum Gasteiger partial charge on any atom is -0.478 e. The Morgan fingerprint density at radius 1 is 1.21 bits per heavy atom. The zero-order valence-electron chi connectivity index (χ0n) is 15.3. The van der Waals surface area contributed by atoms with Gasteiger partial charge in [0.05, 0.1) is 38.6 Å². The first-order valence-corrected chi connectivity index (χ1v) is 11.2. The standard InChI is InChI=1S/C18H18Cl2N4O4S/c1-29(27,28)21-8-3-9-24-15-7-6-11(17(25)26)10-14(15)22-18(24)23-16-12(19)4-2-5-13(16)20/h2,4-7,10,21H,3,8-9H2,1H3,(H,22,23)(H,25,26). The first-order valence-electron chi connectivity index (χ1n) is 8.55. The molecule has 0 aliphatic heterocycles. The highest BCUT2D eigenvalue weighted by Gasteiger charge is 2.16. The van der Waals surface area contributed by atoms with Crippen molar-refractivity contribution in [2.24, 2.45) is 0 Å². The zero-order valence-corrected chi connectivity index (χ0v) is 17.6. The number of nitrogens with zero attached hydrogens (tertiary/aromatic N) is 2. The van der Waals surface area contributed by atoms with E-state index in [0.29, 0.717) is 45.7 Å². The summed E-state index contributed by atoms with van der Waals surface area (Å²) in [5.74, 6) is -0.639. The van der Waals surface area contributed by atoms with Gasteiger partial charge >= 0.3 is 5.97 Å². The molecule has 2 aromatic carbocycles. The van der Waals surface area contributed by atoms with Crippen molar-refractivity contribution in [2.45, 2.75) is 13.0 Å². The van der Waals surface area contributed by atoms with Crippen LogP contribution in [-0.4, -0.2) is 41.8 Å². The molecule has 1 aromatic heterocycles. The third-order valence-corrected chi connectivity index (χ3v) is 5.48. The number of anilines is 2. The van der Waals surface area contributed by atoms with Gasteiger partial charge in [-0.05, 0) is 36.8 Å². The summed E-state index contributed by atoms with van der Waals surface area (Å²) in [7, 11) is -3.28. The number of carboxylic acid groups (broad SMARTS) is 1. The molecular weight excluding hydrogens is 439 g/mol. The molecule has 0 saturated carbocycles. The minimum atomic E-state index is -3.28. The largest absolute Gasteiger partial charge is 0.478 e. The third-order valence-electron chi connectivity index (χ3n) is 4.12. The van der Waals surface area contributed by atoms with Gasteiger partial charge < -0.3 is 15.0 Å². The number of hydrogen-bond donors (Lipinski definition) is 3. The smallest absolute Gasteiger partial charge is 0.335 e. The number of aromatic nitrogens is 2. The van der Waals surface area contributed by atoms with Gasteiger partial charge in [-0.15, -0.1) is 0 Å². The number of imidazole rings is 1. The van der Waals surface area contributed by atoms with Crippen molar-refractivity contribution in [1.82, 2.24) is 14.3 Å². The number of para-hydroxylation sites is 1. The van der Waals surface area contributed by atoms with Crippen molar-refractivity contribution in [3.63, 3.8) is 0 Å². The molecule has 3 aromatic rings. The molecule has 0 spiro atoms. The zero-order chi connectivity index (χ0) is 21.2. The second-order valence-electron chi connectivity index (χ2n) is 6.34. The van der Waals surface area contributed by atoms with Crippen LogP contribution in [0.3, 0.4) is 0 Å². The van der Waals surface area contributed by atoms with E-state index in [1.54, 1.807) is 24.3 Å². The average molecular weight is 457 g/mol. The predicted octanol–water partition coefficient (Wildman–Crippen LogP) is 3.72. The normalized spacial score (nSPS) is 11.7. The van der Waals surface area contributed by atoms with E-state index >= 15 is 0 Å². The summed E-state index contributed by atoms with van der Waals surface area (Å²) < 4.78 is 26.8. The lowest BCUT2D eigenvalue weighted by atomic mass is 10.2. The molecule has 3 N–H and O–H groups in total. The second-order valence-corrected chi connectivity index (χ2v) is 8.98. The Kier molecular flexibility index (Phi) is 6.33. The summed E-state index contributed by atoms with van der Waals surface area (Å²) in [6.07, 6.45) is 1.59.